The summed E-state index contributed by atoms with van der Waals surface area (Å²) in [5.74, 6) is 0.604. The number of aromatic nitrogens is 3. The number of hydrogen-bond acceptors (Lipinski definition) is 5. The first-order chi connectivity index (χ1) is 8.97. The minimum absolute atomic E-state index is 0.452. The number of nitrogens with two attached hydrogens (primary N) is 1. The van der Waals surface area contributed by atoms with Gasteiger partial charge < -0.3 is 5.73 Å². The molecule has 0 saturated carbocycles. The van der Waals surface area contributed by atoms with Crippen LogP contribution in [0.25, 0.3) is 0 Å². The van der Waals surface area contributed by atoms with Gasteiger partial charge in [-0.25, -0.2) is 0 Å². The number of rotatable bonds is 3. The van der Waals surface area contributed by atoms with Gasteiger partial charge in [0.05, 0.1) is 0 Å². The molecule has 1 aromatic heterocycles. The normalized spacial score (nSPS) is 10.6. The zero-order valence-corrected chi connectivity index (χ0v) is 12.4. The molecule has 0 amide bonds. The summed E-state index contributed by atoms with van der Waals surface area (Å²) in [5, 5.41) is 2.85. The molecule has 100 valence electrons. The predicted molar refractivity (Wildman–Crippen MR) is 78.2 cm³/mol. The lowest BCUT2D eigenvalue weighted by Gasteiger charge is -2.07. The van der Waals surface area contributed by atoms with Gasteiger partial charge in [0.25, 0.3) is 0 Å². The fourth-order valence-electron chi connectivity index (χ4n) is 1.41. The van der Waals surface area contributed by atoms with E-state index < -0.39 is 11.1 Å². The van der Waals surface area contributed by atoms with Gasteiger partial charge in [-0.1, -0.05) is 33.8 Å². The van der Waals surface area contributed by atoms with Crippen LogP contribution >= 0.6 is 27.7 Å². The van der Waals surface area contributed by atoms with Crippen molar-refractivity contribution in [3.63, 3.8) is 0 Å². The SMILES string of the molecule is Cn1[nH]c(=O)c(=O)nc1SCc1ccc(N)cc1Br. The second-order valence-electron chi connectivity index (χ2n) is 3.84. The molecule has 0 aliphatic heterocycles. The summed E-state index contributed by atoms with van der Waals surface area (Å²) in [6.45, 7) is 0. The maximum absolute atomic E-state index is 11.2. The Morgan fingerprint density at radius 3 is 2.89 bits per heavy atom. The Labute approximate surface area is 121 Å². The van der Waals surface area contributed by atoms with Crippen molar-refractivity contribution in [3.8, 4) is 0 Å². The van der Waals surface area contributed by atoms with E-state index in [4.69, 9.17) is 5.73 Å². The molecule has 0 unspecified atom stereocenters. The summed E-state index contributed by atoms with van der Waals surface area (Å²) in [6.07, 6.45) is 0. The summed E-state index contributed by atoms with van der Waals surface area (Å²) >= 11 is 4.78. The summed E-state index contributed by atoms with van der Waals surface area (Å²) < 4.78 is 2.33. The van der Waals surface area contributed by atoms with E-state index in [-0.39, 0.29) is 0 Å². The minimum Gasteiger partial charge on any atom is -0.399 e. The van der Waals surface area contributed by atoms with Gasteiger partial charge in [-0.05, 0) is 17.7 Å². The van der Waals surface area contributed by atoms with Crippen molar-refractivity contribution in [2.75, 3.05) is 5.73 Å². The van der Waals surface area contributed by atoms with Gasteiger partial charge in [0.1, 0.15) is 0 Å². The molecule has 0 atom stereocenters. The van der Waals surface area contributed by atoms with Crippen molar-refractivity contribution in [1.29, 1.82) is 0 Å². The van der Waals surface area contributed by atoms with Crippen LogP contribution in [0.1, 0.15) is 5.56 Å². The molecule has 1 aromatic carbocycles. The first kappa shape index (κ1) is 13.9. The quantitative estimate of drug-likeness (QED) is 0.495. The second-order valence-corrected chi connectivity index (χ2v) is 5.64. The van der Waals surface area contributed by atoms with Crippen LogP contribution in [0.15, 0.2) is 37.4 Å². The Morgan fingerprint density at radius 1 is 1.47 bits per heavy atom. The molecule has 0 aliphatic rings. The van der Waals surface area contributed by atoms with Crippen molar-refractivity contribution >= 4 is 33.4 Å². The molecule has 2 rings (SSSR count). The third-order valence-electron chi connectivity index (χ3n) is 2.38. The highest BCUT2D eigenvalue weighted by molar-refractivity contribution is 9.10. The monoisotopic (exact) mass is 342 g/mol. The number of nitrogens with one attached hydrogen (secondary N) is 1. The Morgan fingerprint density at radius 2 is 2.21 bits per heavy atom. The van der Waals surface area contributed by atoms with Crippen LogP contribution in [0.3, 0.4) is 0 Å². The van der Waals surface area contributed by atoms with Crippen LogP contribution in [-0.4, -0.2) is 14.8 Å². The second kappa shape index (κ2) is 5.62. The molecular formula is C11H11BrN4O2S. The molecule has 0 bridgehead atoms. The van der Waals surface area contributed by atoms with Crippen molar-refractivity contribution in [2.24, 2.45) is 7.05 Å². The van der Waals surface area contributed by atoms with E-state index in [0.29, 0.717) is 16.6 Å². The number of hydrogen-bond donors (Lipinski definition) is 2. The Balaban J connectivity index is 2.21. The molecule has 0 spiro atoms. The number of nitrogen functional groups attached to an aromatic ring is 1. The number of anilines is 1. The zero-order chi connectivity index (χ0) is 14.0. The van der Waals surface area contributed by atoms with Crippen molar-refractivity contribution in [1.82, 2.24) is 14.8 Å². The van der Waals surface area contributed by atoms with Crippen LogP contribution in [0, 0.1) is 0 Å². The van der Waals surface area contributed by atoms with Gasteiger partial charge in [0.2, 0.25) is 0 Å². The molecule has 19 heavy (non-hydrogen) atoms. The van der Waals surface area contributed by atoms with Crippen LogP contribution in [-0.2, 0) is 12.8 Å². The number of thioether (sulfide) groups is 1. The van der Waals surface area contributed by atoms with Gasteiger partial charge in [-0.3, -0.25) is 19.4 Å². The fourth-order valence-corrected chi connectivity index (χ4v) is 3.06. The largest absolute Gasteiger partial charge is 0.399 e. The van der Waals surface area contributed by atoms with Crippen LogP contribution < -0.4 is 16.9 Å². The number of nitrogens with zero attached hydrogens (tertiary/aromatic N) is 2. The minimum atomic E-state index is -0.781. The number of H-pyrrole nitrogens is 1. The standard InChI is InChI=1S/C11H11BrN4O2S/c1-16-11(14-9(17)10(18)15-16)19-5-6-2-3-7(13)4-8(6)12/h2-4H,5,13H2,1H3,(H,15,18). The van der Waals surface area contributed by atoms with E-state index >= 15 is 0 Å². The number of aryl methyl sites for hydroxylation is 1. The smallest absolute Gasteiger partial charge is 0.339 e. The van der Waals surface area contributed by atoms with Crippen molar-refractivity contribution < 1.29 is 0 Å². The van der Waals surface area contributed by atoms with E-state index in [0.717, 1.165) is 10.0 Å². The molecule has 0 radical (unpaired) electrons. The topological polar surface area (TPSA) is 93.8 Å². The van der Waals surface area contributed by atoms with Gasteiger partial charge in [0, 0.05) is 23.0 Å². The number of halogens is 1. The first-order valence-electron chi connectivity index (χ1n) is 5.31. The summed E-state index contributed by atoms with van der Waals surface area (Å²) in [4.78, 5) is 26.0. The molecule has 6 nitrogen and oxygen atoms in total. The van der Waals surface area contributed by atoms with E-state index in [1.807, 2.05) is 12.1 Å². The molecular weight excluding hydrogens is 332 g/mol. The molecule has 1 heterocycles. The molecule has 3 N–H and O–H groups in total. The molecule has 0 aliphatic carbocycles. The molecule has 2 aromatic rings. The van der Waals surface area contributed by atoms with Gasteiger partial charge in [-0.15, -0.1) is 0 Å². The fraction of sp³-hybridized carbons (Fsp3) is 0.182. The highest BCUT2D eigenvalue weighted by atomic mass is 79.9. The average molecular weight is 343 g/mol. The predicted octanol–water partition coefficient (Wildman–Crippen LogP) is 1.11. The first-order valence-corrected chi connectivity index (χ1v) is 7.09. The highest BCUT2D eigenvalue weighted by Gasteiger charge is 2.07. The number of aromatic amines is 1. The van der Waals surface area contributed by atoms with Crippen LogP contribution in [0.4, 0.5) is 5.69 Å². The maximum Gasteiger partial charge on any atom is 0.339 e. The third-order valence-corrected chi connectivity index (χ3v) is 4.20. The lowest BCUT2D eigenvalue weighted by atomic mass is 10.2. The van der Waals surface area contributed by atoms with E-state index in [2.05, 4.69) is 26.0 Å². The van der Waals surface area contributed by atoms with Crippen molar-refractivity contribution in [3.05, 3.63) is 48.9 Å². The van der Waals surface area contributed by atoms with E-state index in [9.17, 15) is 9.59 Å². The van der Waals surface area contributed by atoms with E-state index in [1.54, 1.807) is 13.1 Å². The maximum atomic E-state index is 11.2. The zero-order valence-electron chi connectivity index (χ0n) is 10.0. The van der Waals surface area contributed by atoms with E-state index in [1.165, 1.54) is 16.4 Å². The molecule has 0 fully saturated rings. The van der Waals surface area contributed by atoms with Gasteiger partial charge >= 0.3 is 11.1 Å². The average Bonchev–Trinajstić information content (AvgIpc) is 2.34. The summed E-state index contributed by atoms with van der Waals surface area (Å²) in [5.41, 5.74) is 5.86. The summed E-state index contributed by atoms with van der Waals surface area (Å²) in [6, 6.07) is 5.52. The Hall–Kier alpha value is -1.54. The molecule has 0 saturated heterocycles. The highest BCUT2D eigenvalue weighted by Crippen LogP contribution is 2.26. The Kier molecular flexibility index (Phi) is 4.11. The molecule has 8 heteroatoms. The lowest BCUT2D eigenvalue weighted by Crippen LogP contribution is -2.33. The van der Waals surface area contributed by atoms with Crippen LogP contribution in [0.5, 0.6) is 0 Å². The van der Waals surface area contributed by atoms with Crippen molar-refractivity contribution in [2.45, 2.75) is 10.9 Å². The number of benzene rings is 1. The Bertz CT molecular complexity index is 725. The van der Waals surface area contributed by atoms with Gasteiger partial charge in [-0.2, -0.15) is 4.98 Å². The van der Waals surface area contributed by atoms with Crippen LogP contribution in [0.2, 0.25) is 0 Å². The van der Waals surface area contributed by atoms with Gasteiger partial charge in [0.15, 0.2) is 5.16 Å². The third kappa shape index (κ3) is 3.27. The summed E-state index contributed by atoms with van der Waals surface area (Å²) in [7, 11) is 1.63. The lowest BCUT2D eigenvalue weighted by molar-refractivity contribution is 0.596.